The van der Waals surface area contributed by atoms with Crippen molar-refractivity contribution >= 4 is 0 Å². The van der Waals surface area contributed by atoms with Gasteiger partial charge < -0.3 is 14.6 Å². The van der Waals surface area contributed by atoms with E-state index in [2.05, 4.69) is 38.9 Å². The number of hydrogen-bond donors (Lipinski definition) is 1. The third-order valence-electron chi connectivity index (χ3n) is 5.39. The summed E-state index contributed by atoms with van der Waals surface area (Å²) in [5.74, 6) is 1.04. The van der Waals surface area contributed by atoms with Gasteiger partial charge in [-0.1, -0.05) is 44.0 Å². The van der Waals surface area contributed by atoms with Crippen molar-refractivity contribution in [3.63, 3.8) is 0 Å². The molecule has 0 radical (unpaired) electrons. The second-order valence-electron chi connectivity index (χ2n) is 7.31. The molecular formula is C20H27F3N4O2. The molecule has 3 rings (SSSR count). The lowest BCUT2D eigenvalue weighted by molar-refractivity contribution is -0.274. The normalized spacial score (nSPS) is 16.5. The fourth-order valence-electron chi connectivity index (χ4n) is 3.69. The van der Waals surface area contributed by atoms with Gasteiger partial charge in [-0.25, -0.2) is 0 Å². The van der Waals surface area contributed by atoms with Crippen LogP contribution >= 0.6 is 0 Å². The van der Waals surface area contributed by atoms with Crippen molar-refractivity contribution < 1.29 is 22.4 Å². The lowest BCUT2D eigenvalue weighted by atomic mass is 9.96. The van der Waals surface area contributed by atoms with Crippen molar-refractivity contribution in [1.29, 1.82) is 0 Å². The Bertz CT molecular complexity index is 767. The first kappa shape index (κ1) is 21.6. The molecule has 9 heteroatoms. The summed E-state index contributed by atoms with van der Waals surface area (Å²) >= 11 is 0. The number of nitrogens with zero attached hydrogens (tertiary/aromatic N) is 3. The summed E-state index contributed by atoms with van der Waals surface area (Å²) in [5.41, 5.74) is 0.490. The van der Waals surface area contributed by atoms with Gasteiger partial charge in [-0.15, -0.1) is 13.2 Å². The van der Waals surface area contributed by atoms with Gasteiger partial charge in [-0.3, -0.25) is 4.90 Å². The Hall–Kier alpha value is -2.13. The summed E-state index contributed by atoms with van der Waals surface area (Å²) in [5, 5.41) is 7.77. The maximum absolute atomic E-state index is 12.3. The van der Waals surface area contributed by atoms with Crippen molar-refractivity contribution in [3.05, 3.63) is 41.5 Å². The summed E-state index contributed by atoms with van der Waals surface area (Å²) in [6.45, 7) is 7.11. The van der Waals surface area contributed by atoms with Crippen molar-refractivity contribution in [3.8, 4) is 5.75 Å². The van der Waals surface area contributed by atoms with E-state index in [1.165, 1.54) is 12.1 Å². The molecule has 1 fully saturated rings. The standard InChI is InChI=1S/C20H27F3N4O2/c1-3-27(4-2)14-17-25-18(26-29-17)19(11-5-6-12-19)24-13-15-7-9-16(10-8-15)28-20(21,22)23/h7-10,24H,3-6,11-14H2,1-2H3. The Balaban J connectivity index is 1.66. The summed E-state index contributed by atoms with van der Waals surface area (Å²) in [4.78, 5) is 6.84. The van der Waals surface area contributed by atoms with E-state index in [4.69, 9.17) is 4.52 Å². The number of nitrogens with one attached hydrogen (secondary N) is 1. The minimum absolute atomic E-state index is 0.226. The molecule has 0 amide bonds. The molecule has 1 heterocycles. The topological polar surface area (TPSA) is 63.4 Å². The SMILES string of the molecule is CCN(CC)Cc1nc(C2(NCc3ccc(OC(F)(F)F)cc3)CCCC2)no1. The van der Waals surface area contributed by atoms with Gasteiger partial charge in [0.2, 0.25) is 5.89 Å². The highest BCUT2D eigenvalue weighted by Crippen LogP contribution is 2.37. The van der Waals surface area contributed by atoms with Crippen LogP contribution in [0.15, 0.2) is 28.8 Å². The highest BCUT2D eigenvalue weighted by molar-refractivity contribution is 5.27. The van der Waals surface area contributed by atoms with Crippen LogP contribution in [0.2, 0.25) is 0 Å². The zero-order chi connectivity index (χ0) is 20.9. The first-order chi connectivity index (χ1) is 13.8. The third kappa shape index (κ3) is 5.70. The van der Waals surface area contributed by atoms with Crippen LogP contribution in [-0.2, 0) is 18.6 Å². The number of hydrogen-bond acceptors (Lipinski definition) is 6. The zero-order valence-corrected chi connectivity index (χ0v) is 16.8. The maximum Gasteiger partial charge on any atom is 0.573 e. The first-order valence-corrected chi connectivity index (χ1v) is 9.98. The van der Waals surface area contributed by atoms with Crippen molar-refractivity contribution in [1.82, 2.24) is 20.4 Å². The van der Waals surface area contributed by atoms with Crippen molar-refractivity contribution in [2.24, 2.45) is 0 Å². The van der Waals surface area contributed by atoms with E-state index in [1.807, 2.05) is 0 Å². The van der Waals surface area contributed by atoms with Gasteiger partial charge in [0, 0.05) is 6.54 Å². The Morgan fingerprint density at radius 3 is 2.38 bits per heavy atom. The third-order valence-corrected chi connectivity index (χ3v) is 5.39. The predicted octanol–water partition coefficient (Wildman–Crippen LogP) is 4.37. The molecule has 1 aromatic carbocycles. The van der Waals surface area contributed by atoms with E-state index < -0.39 is 6.36 Å². The molecule has 0 saturated heterocycles. The molecule has 0 unspecified atom stereocenters. The van der Waals surface area contributed by atoms with Crippen LogP contribution in [0.25, 0.3) is 0 Å². The van der Waals surface area contributed by atoms with Crippen LogP contribution in [-0.4, -0.2) is 34.5 Å². The van der Waals surface area contributed by atoms with E-state index in [-0.39, 0.29) is 11.3 Å². The van der Waals surface area contributed by atoms with Gasteiger partial charge >= 0.3 is 6.36 Å². The fourth-order valence-corrected chi connectivity index (χ4v) is 3.69. The maximum atomic E-state index is 12.3. The minimum Gasteiger partial charge on any atom is -0.406 e. The summed E-state index contributed by atoms with van der Waals surface area (Å²) < 4.78 is 46.3. The average molecular weight is 412 g/mol. The molecular weight excluding hydrogens is 385 g/mol. The molecule has 1 aliphatic rings. The van der Waals surface area contributed by atoms with E-state index in [0.29, 0.717) is 24.8 Å². The molecule has 0 bridgehead atoms. The molecule has 1 aromatic heterocycles. The zero-order valence-electron chi connectivity index (χ0n) is 16.8. The van der Waals surface area contributed by atoms with Gasteiger partial charge in [-0.05, 0) is 43.6 Å². The van der Waals surface area contributed by atoms with Crippen LogP contribution in [0.3, 0.4) is 0 Å². The molecule has 0 spiro atoms. The number of alkyl halides is 3. The number of aromatic nitrogens is 2. The molecule has 0 aliphatic heterocycles. The molecule has 1 aliphatic carbocycles. The number of benzene rings is 1. The predicted molar refractivity (Wildman–Crippen MR) is 101 cm³/mol. The molecule has 6 nitrogen and oxygen atoms in total. The first-order valence-electron chi connectivity index (χ1n) is 9.98. The Morgan fingerprint density at radius 1 is 1.14 bits per heavy atom. The Morgan fingerprint density at radius 2 is 1.79 bits per heavy atom. The van der Waals surface area contributed by atoms with Gasteiger partial charge in [0.15, 0.2) is 5.82 Å². The molecule has 0 atom stereocenters. The van der Waals surface area contributed by atoms with E-state index in [9.17, 15) is 13.2 Å². The quantitative estimate of drug-likeness (QED) is 0.660. The van der Waals surface area contributed by atoms with Crippen molar-refractivity contribution in [2.75, 3.05) is 13.1 Å². The molecule has 160 valence electrons. The van der Waals surface area contributed by atoms with E-state index in [0.717, 1.165) is 44.3 Å². The van der Waals surface area contributed by atoms with Crippen molar-refractivity contribution in [2.45, 2.75) is 64.5 Å². The summed E-state index contributed by atoms with van der Waals surface area (Å²) in [7, 11) is 0. The van der Waals surface area contributed by atoms with Crippen LogP contribution in [0.1, 0.15) is 56.8 Å². The Kier molecular flexibility index (Phi) is 6.79. The highest BCUT2D eigenvalue weighted by atomic mass is 19.4. The summed E-state index contributed by atoms with van der Waals surface area (Å²) in [6.07, 6.45) is -0.773. The molecule has 29 heavy (non-hydrogen) atoms. The average Bonchev–Trinajstić information content (AvgIpc) is 3.35. The smallest absolute Gasteiger partial charge is 0.406 e. The Labute approximate surface area is 168 Å². The highest BCUT2D eigenvalue weighted by Gasteiger charge is 2.39. The van der Waals surface area contributed by atoms with Gasteiger partial charge in [0.25, 0.3) is 0 Å². The number of rotatable bonds is 9. The van der Waals surface area contributed by atoms with Gasteiger partial charge in [-0.2, -0.15) is 4.98 Å². The number of ether oxygens (including phenoxy) is 1. The molecule has 2 aromatic rings. The second kappa shape index (κ2) is 9.13. The van der Waals surface area contributed by atoms with Crippen LogP contribution in [0.5, 0.6) is 5.75 Å². The van der Waals surface area contributed by atoms with Gasteiger partial charge in [0.1, 0.15) is 5.75 Å². The monoisotopic (exact) mass is 412 g/mol. The second-order valence-corrected chi connectivity index (χ2v) is 7.31. The fraction of sp³-hybridized carbons (Fsp3) is 0.600. The van der Waals surface area contributed by atoms with E-state index >= 15 is 0 Å². The lowest BCUT2D eigenvalue weighted by Gasteiger charge is -2.27. The summed E-state index contributed by atoms with van der Waals surface area (Å²) in [6, 6.07) is 5.89. The van der Waals surface area contributed by atoms with Gasteiger partial charge in [0.05, 0.1) is 12.1 Å². The molecule has 1 saturated carbocycles. The lowest BCUT2D eigenvalue weighted by Crippen LogP contribution is -2.40. The molecule has 1 N–H and O–H groups in total. The van der Waals surface area contributed by atoms with Crippen LogP contribution in [0, 0.1) is 0 Å². The largest absolute Gasteiger partial charge is 0.573 e. The van der Waals surface area contributed by atoms with Crippen LogP contribution < -0.4 is 10.1 Å². The minimum atomic E-state index is -4.69. The van der Waals surface area contributed by atoms with E-state index in [1.54, 1.807) is 12.1 Å². The van der Waals surface area contributed by atoms with Crippen LogP contribution in [0.4, 0.5) is 13.2 Å². The number of halogens is 3.